The van der Waals surface area contributed by atoms with Gasteiger partial charge in [-0.05, 0) is 46.3 Å². The Balaban J connectivity index is 2.02. The molecule has 0 saturated heterocycles. The van der Waals surface area contributed by atoms with Crippen LogP contribution in [-0.4, -0.2) is 26.2 Å². The maximum absolute atomic E-state index is 12.4. The number of alkyl halides is 2. The van der Waals surface area contributed by atoms with Gasteiger partial charge in [-0.15, -0.1) is 0 Å². The van der Waals surface area contributed by atoms with Crippen molar-refractivity contribution in [2.45, 2.75) is 6.61 Å². The number of carbonyl (C=O) groups excluding carboxylic acids is 1. The number of carbonyl (C=O) groups is 1. The molecule has 134 valence electrons. The zero-order valence-electron chi connectivity index (χ0n) is 12.9. The molecule has 2 aromatic rings. The first kappa shape index (κ1) is 19.3. The van der Waals surface area contributed by atoms with Crippen LogP contribution in [0.25, 0.3) is 0 Å². The first-order chi connectivity index (χ1) is 11.9. The Labute approximate surface area is 156 Å². The van der Waals surface area contributed by atoms with Gasteiger partial charge in [0.25, 0.3) is 5.91 Å². The summed E-state index contributed by atoms with van der Waals surface area (Å²) in [6.45, 7) is -3.42. The summed E-state index contributed by atoms with van der Waals surface area (Å²) in [6.07, 6.45) is 0. The molecule has 2 rings (SSSR count). The molecule has 0 atom stereocenters. The normalized spacial score (nSPS) is 10.5. The smallest absolute Gasteiger partial charge is 0.387 e. The van der Waals surface area contributed by atoms with Gasteiger partial charge in [-0.2, -0.15) is 8.78 Å². The third-order valence-corrected chi connectivity index (χ3v) is 3.85. The molecule has 2 aromatic carbocycles. The first-order valence-corrected chi connectivity index (χ1v) is 8.07. The number of amides is 1. The molecule has 0 bridgehead atoms. The fourth-order valence-electron chi connectivity index (χ4n) is 1.90. The molecule has 0 aromatic heterocycles. The molecule has 1 amide bonds. The Kier molecular flexibility index (Phi) is 6.83. The molecule has 0 aliphatic rings. The third-order valence-electron chi connectivity index (χ3n) is 2.93. The van der Waals surface area contributed by atoms with Crippen LogP contribution in [0.15, 0.2) is 40.9 Å². The molecule has 0 heterocycles. The quantitative estimate of drug-likeness (QED) is 0.682. The number of para-hydroxylation sites is 1. The van der Waals surface area contributed by atoms with Gasteiger partial charge in [-0.1, -0.05) is 17.7 Å². The van der Waals surface area contributed by atoms with Crippen molar-refractivity contribution in [2.24, 2.45) is 0 Å². The van der Waals surface area contributed by atoms with Crippen LogP contribution < -0.4 is 19.5 Å². The molecule has 1 N–H and O–H groups in total. The van der Waals surface area contributed by atoms with Crippen LogP contribution in [0.3, 0.4) is 0 Å². The lowest BCUT2D eigenvalue weighted by molar-refractivity contribution is -0.118. The largest absolute Gasteiger partial charge is 0.495 e. The van der Waals surface area contributed by atoms with E-state index in [2.05, 4.69) is 26.0 Å². The van der Waals surface area contributed by atoms with E-state index in [0.717, 1.165) is 0 Å². The second kappa shape index (κ2) is 8.87. The Hall–Kier alpha value is -2.06. The molecule has 0 radical (unpaired) electrons. The predicted molar refractivity (Wildman–Crippen MR) is 92.9 cm³/mol. The minimum Gasteiger partial charge on any atom is -0.495 e. The maximum atomic E-state index is 12.4. The van der Waals surface area contributed by atoms with Crippen LogP contribution in [0.2, 0.25) is 5.02 Å². The topological polar surface area (TPSA) is 56.8 Å². The van der Waals surface area contributed by atoms with E-state index in [-0.39, 0.29) is 11.5 Å². The van der Waals surface area contributed by atoms with Gasteiger partial charge in [-0.3, -0.25) is 4.79 Å². The zero-order chi connectivity index (χ0) is 18.4. The average Bonchev–Trinajstić information content (AvgIpc) is 2.54. The number of ether oxygens (including phenoxy) is 3. The predicted octanol–water partition coefficient (Wildman–Crippen LogP) is 4.73. The van der Waals surface area contributed by atoms with E-state index in [4.69, 9.17) is 21.1 Å². The van der Waals surface area contributed by atoms with Crippen LogP contribution in [0, 0.1) is 0 Å². The summed E-state index contributed by atoms with van der Waals surface area (Å²) >= 11 is 9.14. The molecule has 25 heavy (non-hydrogen) atoms. The lowest BCUT2D eigenvalue weighted by atomic mass is 10.3. The number of halogens is 4. The van der Waals surface area contributed by atoms with Crippen molar-refractivity contribution in [3.8, 4) is 17.2 Å². The minimum absolute atomic E-state index is 0.00529. The molecule has 0 fully saturated rings. The third kappa shape index (κ3) is 5.47. The SMILES string of the molecule is COc1ccc(NC(=O)COc2c(Br)cccc2OC(F)F)cc1Cl. The summed E-state index contributed by atoms with van der Waals surface area (Å²) in [5, 5.41) is 2.91. The van der Waals surface area contributed by atoms with Gasteiger partial charge in [0.05, 0.1) is 16.6 Å². The van der Waals surface area contributed by atoms with Crippen molar-refractivity contribution in [1.29, 1.82) is 0 Å². The van der Waals surface area contributed by atoms with E-state index in [1.54, 1.807) is 18.2 Å². The van der Waals surface area contributed by atoms with Gasteiger partial charge in [-0.25, -0.2) is 0 Å². The van der Waals surface area contributed by atoms with Gasteiger partial charge < -0.3 is 19.5 Å². The summed E-state index contributed by atoms with van der Waals surface area (Å²) in [7, 11) is 1.48. The van der Waals surface area contributed by atoms with E-state index >= 15 is 0 Å². The van der Waals surface area contributed by atoms with Crippen LogP contribution in [-0.2, 0) is 4.79 Å². The maximum Gasteiger partial charge on any atom is 0.387 e. The van der Waals surface area contributed by atoms with Crippen molar-refractivity contribution >= 4 is 39.1 Å². The highest BCUT2D eigenvalue weighted by atomic mass is 79.9. The number of hydrogen-bond donors (Lipinski definition) is 1. The number of benzene rings is 2. The van der Waals surface area contributed by atoms with Gasteiger partial charge in [0.2, 0.25) is 0 Å². The summed E-state index contributed by atoms with van der Waals surface area (Å²) < 4.78 is 39.9. The van der Waals surface area contributed by atoms with Gasteiger partial charge >= 0.3 is 6.61 Å². The van der Waals surface area contributed by atoms with E-state index in [1.807, 2.05) is 0 Å². The van der Waals surface area contributed by atoms with Gasteiger partial charge in [0, 0.05) is 5.69 Å². The van der Waals surface area contributed by atoms with Crippen molar-refractivity contribution in [1.82, 2.24) is 0 Å². The number of nitrogens with one attached hydrogen (secondary N) is 1. The Morgan fingerprint density at radius 3 is 2.68 bits per heavy atom. The van der Waals surface area contributed by atoms with Crippen LogP contribution in [0.4, 0.5) is 14.5 Å². The van der Waals surface area contributed by atoms with Crippen molar-refractivity contribution in [3.05, 3.63) is 45.9 Å². The summed E-state index contributed by atoms with van der Waals surface area (Å²) in [4.78, 5) is 12.0. The average molecular weight is 437 g/mol. The first-order valence-electron chi connectivity index (χ1n) is 6.90. The fourth-order valence-corrected chi connectivity index (χ4v) is 2.62. The fraction of sp³-hybridized carbons (Fsp3) is 0.188. The number of hydrogen-bond acceptors (Lipinski definition) is 4. The monoisotopic (exact) mass is 435 g/mol. The van der Waals surface area contributed by atoms with Gasteiger partial charge in [0.15, 0.2) is 18.1 Å². The van der Waals surface area contributed by atoms with Crippen LogP contribution in [0.5, 0.6) is 17.2 Å². The second-order valence-corrected chi connectivity index (χ2v) is 5.89. The number of rotatable bonds is 7. The lowest BCUT2D eigenvalue weighted by Crippen LogP contribution is -2.20. The molecule has 9 heteroatoms. The molecule has 0 aliphatic heterocycles. The van der Waals surface area contributed by atoms with Crippen molar-refractivity contribution in [3.63, 3.8) is 0 Å². The Bertz CT molecular complexity index is 761. The molecular formula is C16H13BrClF2NO4. The van der Waals surface area contributed by atoms with Gasteiger partial charge in [0.1, 0.15) is 5.75 Å². The Morgan fingerprint density at radius 2 is 2.04 bits per heavy atom. The summed E-state index contributed by atoms with van der Waals surface area (Å²) in [5.74, 6) is -0.201. The molecule has 0 saturated carbocycles. The highest BCUT2D eigenvalue weighted by Gasteiger charge is 2.15. The molecule has 5 nitrogen and oxygen atoms in total. The number of methoxy groups -OCH3 is 1. The molecule has 0 aliphatic carbocycles. The van der Waals surface area contributed by atoms with Crippen molar-refractivity contribution in [2.75, 3.05) is 19.0 Å². The standard InChI is InChI=1S/C16H13BrClF2NO4/c1-23-12-6-5-9(7-11(12)18)21-14(22)8-24-15-10(17)3-2-4-13(15)25-16(19)20/h2-7,16H,8H2,1H3,(H,21,22). The Morgan fingerprint density at radius 1 is 1.28 bits per heavy atom. The number of anilines is 1. The molecular weight excluding hydrogens is 424 g/mol. The molecule has 0 spiro atoms. The van der Waals surface area contributed by atoms with Crippen LogP contribution >= 0.6 is 27.5 Å². The highest BCUT2D eigenvalue weighted by molar-refractivity contribution is 9.10. The van der Waals surface area contributed by atoms with E-state index in [1.165, 1.54) is 25.3 Å². The van der Waals surface area contributed by atoms with Crippen molar-refractivity contribution < 1.29 is 27.8 Å². The summed E-state index contributed by atoms with van der Waals surface area (Å²) in [5.41, 5.74) is 0.440. The van der Waals surface area contributed by atoms with Crippen LogP contribution in [0.1, 0.15) is 0 Å². The second-order valence-electron chi connectivity index (χ2n) is 4.63. The zero-order valence-corrected chi connectivity index (χ0v) is 15.2. The lowest BCUT2D eigenvalue weighted by Gasteiger charge is -2.14. The summed E-state index contributed by atoms with van der Waals surface area (Å²) in [6, 6.07) is 9.12. The van der Waals surface area contributed by atoms with E-state index in [9.17, 15) is 13.6 Å². The van der Waals surface area contributed by atoms with E-state index < -0.39 is 19.1 Å². The molecule has 0 unspecified atom stereocenters. The minimum atomic E-state index is -3.01. The van der Waals surface area contributed by atoms with E-state index in [0.29, 0.717) is 20.9 Å². The highest BCUT2D eigenvalue weighted by Crippen LogP contribution is 2.36.